The average Bonchev–Trinajstić information content (AvgIpc) is 1.59. The summed E-state index contributed by atoms with van der Waals surface area (Å²) < 4.78 is 0. The van der Waals surface area contributed by atoms with Gasteiger partial charge >= 0.3 is 57.4 Å². The number of rotatable bonds is 0. The Morgan fingerprint density at radius 2 is 1.23 bits per heavy atom. The molecule has 7 heteroatoms. The second-order valence-corrected chi connectivity index (χ2v) is 2.81. The smallest absolute Gasteiger partial charge is 0.652 e. The van der Waals surface area contributed by atoms with Crippen molar-refractivity contribution in [1.82, 2.24) is 0 Å². The van der Waals surface area contributed by atoms with Crippen LogP contribution in [0.25, 0.3) is 0 Å². The maximum absolute atomic E-state index is 10.0. The van der Waals surface area contributed by atoms with Crippen LogP contribution in [0.4, 0.5) is 4.79 Å². The first kappa shape index (κ1) is 23.7. The molecule has 0 fully saturated rings. The minimum Gasteiger partial charge on any atom is -0.652 e. The molecule has 0 amide bonds. The van der Waals surface area contributed by atoms with Crippen molar-refractivity contribution < 1.29 is 96.7 Å². The zero-order valence-corrected chi connectivity index (χ0v) is 12.6. The first-order chi connectivity index (χ1) is 4.68. The second-order valence-electron chi connectivity index (χ2n) is 2.81. The van der Waals surface area contributed by atoms with E-state index in [9.17, 15) is 4.79 Å². The molecule has 0 radical (unpaired) electrons. The van der Waals surface area contributed by atoms with Gasteiger partial charge in [-0.15, -0.1) is 0 Å². The molecule has 0 atom stereocenters. The molecule has 5 nitrogen and oxygen atoms in total. The molecule has 0 bridgehead atoms. The molecule has 76 valence electrons. The maximum Gasteiger partial charge on any atom is 1.00 e. The van der Waals surface area contributed by atoms with Gasteiger partial charge in [-0.05, 0) is 26.9 Å². The van der Waals surface area contributed by atoms with Crippen LogP contribution >= 0.6 is 0 Å². The van der Waals surface area contributed by atoms with E-state index in [2.05, 4.69) is 0 Å². The molecule has 0 saturated heterocycles. The van der Waals surface area contributed by atoms with Crippen LogP contribution in [0.15, 0.2) is 0 Å². The molecule has 0 heterocycles. The summed E-state index contributed by atoms with van der Waals surface area (Å²) in [5, 5.41) is 24.9. The van der Waals surface area contributed by atoms with Crippen molar-refractivity contribution in [3.8, 4) is 0 Å². The van der Waals surface area contributed by atoms with E-state index in [1.54, 1.807) is 20.8 Å². The summed E-state index contributed by atoms with van der Waals surface area (Å²) in [5.41, 5.74) is -0.583. The van der Waals surface area contributed by atoms with Gasteiger partial charge in [0.15, 0.2) is 0 Å². The predicted octanol–water partition coefficient (Wildman–Crippen LogP) is -4.33. The fourth-order valence-electron chi connectivity index (χ4n) is 0. The summed E-state index contributed by atoms with van der Waals surface area (Å²) in [4.78, 5) is 18.4. The van der Waals surface area contributed by atoms with Crippen LogP contribution in [-0.4, -0.2) is 17.2 Å². The van der Waals surface area contributed by atoms with E-state index in [0.29, 0.717) is 0 Å². The molecule has 0 unspecified atom stereocenters. The van der Waals surface area contributed by atoms with Crippen molar-refractivity contribution in [1.29, 1.82) is 0 Å². The van der Waals surface area contributed by atoms with Gasteiger partial charge in [0.25, 0.3) is 0 Å². The Labute approximate surface area is 133 Å². The summed E-state index contributed by atoms with van der Waals surface area (Å²) >= 11 is 0. The van der Waals surface area contributed by atoms with Crippen molar-refractivity contribution in [2.75, 3.05) is 0 Å². The molecule has 0 saturated carbocycles. The minimum atomic E-state index is -2.33. The minimum absolute atomic E-state index is 0. The fraction of sp³-hybridized carbons (Fsp3) is 0.667. The maximum atomic E-state index is 10.0. The van der Waals surface area contributed by atoms with E-state index in [4.69, 9.17) is 20.1 Å². The Bertz CT molecular complexity index is 150. The summed E-state index contributed by atoms with van der Waals surface area (Å²) in [6.07, 6.45) is -2.33. The Hall–Kier alpha value is 1.04. The number of carboxylic acid groups (broad SMARTS) is 3. The summed E-state index contributed by atoms with van der Waals surface area (Å²) in [6.45, 7) is 4.99. The fourth-order valence-corrected chi connectivity index (χ4v) is 0. The average molecular weight is 308 g/mol. The topological polar surface area (TPSA) is 100 Å². The standard InChI is InChI=1S/C5H10O2.CH2O3.K.Pd/c1-5(2,3)4(6)7;2-1(3)4;;/h1-3H3,(H,6,7);(H2,2,3,4);;/q;;+1;/p-2. The van der Waals surface area contributed by atoms with E-state index in [1.807, 2.05) is 0 Å². The van der Waals surface area contributed by atoms with Crippen LogP contribution in [0.1, 0.15) is 20.8 Å². The van der Waals surface area contributed by atoms with E-state index >= 15 is 0 Å². The Morgan fingerprint density at radius 1 is 1.15 bits per heavy atom. The molecule has 0 aromatic carbocycles. The van der Waals surface area contributed by atoms with Gasteiger partial charge in [0.1, 0.15) is 0 Å². The van der Waals surface area contributed by atoms with Gasteiger partial charge < -0.3 is 20.1 Å². The van der Waals surface area contributed by atoms with Crippen molar-refractivity contribution in [3.05, 3.63) is 0 Å². The molecule has 0 aromatic rings. The molecule has 0 rings (SSSR count). The van der Waals surface area contributed by atoms with Crippen LogP contribution in [0, 0.1) is 5.41 Å². The number of hydrogen-bond donors (Lipinski definition) is 1. The zero-order valence-electron chi connectivity index (χ0n) is 7.90. The SMILES string of the molecule is CC(C)(C)C(=O)O.O=C([O-])[O-].[K+].[Pd]. The van der Waals surface area contributed by atoms with Gasteiger partial charge in [-0.2, -0.15) is 0 Å². The van der Waals surface area contributed by atoms with Crippen molar-refractivity contribution in [2.45, 2.75) is 20.8 Å². The molecular weight excluding hydrogens is 298 g/mol. The monoisotopic (exact) mass is 307 g/mol. The van der Waals surface area contributed by atoms with E-state index in [-0.39, 0.29) is 71.8 Å². The molecule has 0 aliphatic rings. The van der Waals surface area contributed by atoms with Crippen LogP contribution in [0.3, 0.4) is 0 Å². The summed E-state index contributed by atoms with van der Waals surface area (Å²) in [6, 6.07) is 0. The third-order valence-corrected chi connectivity index (χ3v) is 0.642. The number of hydrogen-bond acceptors (Lipinski definition) is 4. The van der Waals surface area contributed by atoms with Gasteiger partial charge in [0.05, 0.1) is 5.41 Å². The van der Waals surface area contributed by atoms with Crippen LogP contribution in [0.5, 0.6) is 0 Å². The normalized spacial score (nSPS) is 7.92. The molecule has 0 spiro atoms. The van der Waals surface area contributed by atoms with Crippen molar-refractivity contribution in [3.63, 3.8) is 0 Å². The Balaban J connectivity index is -0.0000000600. The zero-order chi connectivity index (χ0) is 9.65. The number of carboxylic acids is 1. The van der Waals surface area contributed by atoms with Crippen LogP contribution < -0.4 is 61.6 Å². The second kappa shape index (κ2) is 11.1. The first-order valence-corrected chi connectivity index (χ1v) is 2.79. The van der Waals surface area contributed by atoms with E-state index < -0.39 is 17.5 Å². The summed E-state index contributed by atoms with van der Waals surface area (Å²) in [7, 11) is 0. The number of carbonyl (C=O) groups excluding carboxylic acids is 1. The van der Waals surface area contributed by atoms with Gasteiger partial charge in [-0.25, -0.2) is 0 Å². The number of carbonyl (C=O) groups is 2. The largest absolute Gasteiger partial charge is 1.00 e. The predicted molar refractivity (Wildman–Crippen MR) is 32.5 cm³/mol. The Morgan fingerprint density at radius 3 is 1.23 bits per heavy atom. The quantitative estimate of drug-likeness (QED) is 0.456. The van der Waals surface area contributed by atoms with Gasteiger partial charge in [-0.3, -0.25) is 4.79 Å². The van der Waals surface area contributed by atoms with E-state index in [1.165, 1.54) is 0 Å². The molecule has 0 aromatic heterocycles. The molecular formula is C6H10KO5Pd-. The van der Waals surface area contributed by atoms with Gasteiger partial charge in [-0.1, -0.05) is 0 Å². The molecule has 13 heavy (non-hydrogen) atoms. The number of aliphatic carboxylic acids is 1. The molecule has 1 N–H and O–H groups in total. The van der Waals surface area contributed by atoms with Gasteiger partial charge in [0, 0.05) is 20.4 Å². The Kier molecular flexibility index (Phi) is 20.2. The molecule has 0 aliphatic heterocycles. The van der Waals surface area contributed by atoms with E-state index in [0.717, 1.165) is 0 Å². The van der Waals surface area contributed by atoms with Crippen LogP contribution in [0.2, 0.25) is 0 Å². The van der Waals surface area contributed by atoms with Crippen molar-refractivity contribution in [2.24, 2.45) is 5.41 Å². The first-order valence-electron chi connectivity index (χ1n) is 2.79. The summed E-state index contributed by atoms with van der Waals surface area (Å²) in [5.74, 6) is -0.757. The van der Waals surface area contributed by atoms with Crippen molar-refractivity contribution >= 4 is 12.1 Å². The van der Waals surface area contributed by atoms with Gasteiger partial charge in [0.2, 0.25) is 0 Å². The third-order valence-electron chi connectivity index (χ3n) is 0.642. The molecule has 0 aliphatic carbocycles. The third kappa shape index (κ3) is 32.1. The van der Waals surface area contributed by atoms with Crippen LogP contribution in [-0.2, 0) is 25.2 Å².